The van der Waals surface area contributed by atoms with Crippen LogP contribution in [0.2, 0.25) is 0 Å². The number of rotatable bonds is 5. The topological polar surface area (TPSA) is 68.7 Å². The molecule has 1 amide bonds. The van der Waals surface area contributed by atoms with Gasteiger partial charge in [-0.2, -0.15) is 0 Å². The fraction of sp³-hybridized carbons (Fsp3) is 0.500. The molecule has 1 aromatic carbocycles. The third-order valence-electron chi connectivity index (χ3n) is 5.26. The Balaban J connectivity index is 1.68. The highest BCUT2D eigenvalue weighted by Crippen LogP contribution is 2.33. The Bertz CT molecular complexity index is 864. The van der Waals surface area contributed by atoms with E-state index in [4.69, 9.17) is 39.8 Å². The van der Waals surface area contributed by atoms with Gasteiger partial charge in [0.25, 0.3) is 0 Å². The maximum Gasteiger partial charge on any atom is 0.407 e. The number of halogens is 3. The molecule has 3 rings (SSSR count). The van der Waals surface area contributed by atoms with E-state index in [0.717, 1.165) is 35.2 Å². The Labute approximate surface area is 185 Å². The summed E-state index contributed by atoms with van der Waals surface area (Å²) in [5, 5.41) is 14.1. The highest BCUT2D eigenvalue weighted by atomic mass is 35.6. The number of benzene rings is 1. The van der Waals surface area contributed by atoms with Crippen molar-refractivity contribution in [1.82, 2.24) is 9.88 Å². The number of carboxylic acid groups (broad SMARTS) is 1. The van der Waals surface area contributed by atoms with Crippen LogP contribution in [0.15, 0.2) is 30.3 Å². The van der Waals surface area contributed by atoms with Crippen molar-refractivity contribution in [3.8, 4) is 0 Å². The molecule has 1 fully saturated rings. The number of amides is 1. The summed E-state index contributed by atoms with van der Waals surface area (Å²) in [7, 11) is 4.03. The molecule has 2 N–H and O–H groups in total. The standard InChI is InChI=1S/C20H25Cl3N4O2/c1-26(2)17-11-18(25-16-6-4-3-5-15(16)17)24-13-7-9-14(10-8-13)27(19(28)29)12-20(21,22)23/h3-6,11,13-14H,7-10,12H2,1-2H3,(H,24,25)(H,28,29)/t13-,14+. The van der Waals surface area contributed by atoms with Gasteiger partial charge in [0.05, 0.1) is 12.1 Å². The Morgan fingerprint density at radius 3 is 2.45 bits per heavy atom. The molecule has 1 aromatic heterocycles. The summed E-state index contributed by atoms with van der Waals surface area (Å²) < 4.78 is -1.62. The van der Waals surface area contributed by atoms with Gasteiger partial charge in [-0.25, -0.2) is 9.78 Å². The summed E-state index contributed by atoms with van der Waals surface area (Å²) >= 11 is 17.4. The molecule has 6 nitrogen and oxygen atoms in total. The normalized spacial score (nSPS) is 19.8. The molecule has 0 unspecified atom stereocenters. The van der Waals surface area contributed by atoms with E-state index >= 15 is 0 Å². The lowest BCUT2D eigenvalue weighted by Crippen LogP contribution is -2.46. The number of hydrogen-bond donors (Lipinski definition) is 2. The van der Waals surface area contributed by atoms with E-state index in [-0.39, 0.29) is 18.6 Å². The largest absolute Gasteiger partial charge is 0.465 e. The molecule has 1 saturated carbocycles. The second kappa shape index (κ2) is 9.02. The molecule has 2 aromatic rings. The van der Waals surface area contributed by atoms with Crippen molar-refractivity contribution in [2.45, 2.75) is 41.6 Å². The molecule has 1 heterocycles. The minimum Gasteiger partial charge on any atom is -0.465 e. The Kier molecular flexibility index (Phi) is 6.87. The van der Waals surface area contributed by atoms with Gasteiger partial charge in [-0.15, -0.1) is 0 Å². The number of pyridine rings is 1. The van der Waals surface area contributed by atoms with E-state index in [2.05, 4.69) is 22.3 Å². The fourth-order valence-electron chi connectivity index (χ4n) is 3.89. The first-order valence-electron chi connectivity index (χ1n) is 9.54. The summed E-state index contributed by atoms with van der Waals surface area (Å²) in [5.41, 5.74) is 2.04. The predicted octanol–water partition coefficient (Wildman–Crippen LogP) is 5.37. The van der Waals surface area contributed by atoms with Gasteiger partial charge in [0.2, 0.25) is 3.79 Å². The predicted molar refractivity (Wildman–Crippen MR) is 121 cm³/mol. The van der Waals surface area contributed by atoms with Crippen molar-refractivity contribution in [2.75, 3.05) is 30.9 Å². The number of aromatic nitrogens is 1. The molecule has 0 aliphatic heterocycles. The summed E-state index contributed by atoms with van der Waals surface area (Å²) in [6.07, 6.45) is 2.00. The number of para-hydroxylation sites is 1. The fourth-order valence-corrected chi connectivity index (χ4v) is 4.27. The van der Waals surface area contributed by atoms with Gasteiger partial charge in [-0.05, 0) is 31.7 Å². The van der Waals surface area contributed by atoms with Crippen molar-refractivity contribution in [1.29, 1.82) is 0 Å². The zero-order valence-electron chi connectivity index (χ0n) is 16.4. The third-order valence-corrected chi connectivity index (χ3v) is 5.62. The average molecular weight is 460 g/mol. The van der Waals surface area contributed by atoms with Gasteiger partial charge in [-0.3, -0.25) is 0 Å². The number of nitrogens with one attached hydrogen (secondary N) is 1. The lowest BCUT2D eigenvalue weighted by molar-refractivity contribution is 0.111. The lowest BCUT2D eigenvalue weighted by atomic mass is 9.90. The molecule has 0 radical (unpaired) electrons. The van der Waals surface area contributed by atoms with E-state index in [1.165, 1.54) is 4.90 Å². The van der Waals surface area contributed by atoms with Crippen LogP contribution in [0, 0.1) is 0 Å². The van der Waals surface area contributed by atoms with Gasteiger partial charge in [-0.1, -0.05) is 53.0 Å². The van der Waals surface area contributed by atoms with Gasteiger partial charge in [0.15, 0.2) is 0 Å². The van der Waals surface area contributed by atoms with Crippen molar-refractivity contribution >= 4 is 63.3 Å². The van der Waals surface area contributed by atoms with Gasteiger partial charge < -0.3 is 20.2 Å². The molecule has 158 valence electrons. The average Bonchev–Trinajstić information content (AvgIpc) is 2.65. The summed E-state index contributed by atoms with van der Waals surface area (Å²) in [6.45, 7) is -0.131. The minimum absolute atomic E-state index is 0.131. The number of carbonyl (C=O) groups is 1. The van der Waals surface area contributed by atoms with E-state index in [1.807, 2.05) is 32.3 Å². The van der Waals surface area contributed by atoms with E-state index in [1.54, 1.807) is 0 Å². The Morgan fingerprint density at radius 1 is 1.21 bits per heavy atom. The van der Waals surface area contributed by atoms with Crippen molar-refractivity contribution in [3.63, 3.8) is 0 Å². The first-order chi connectivity index (χ1) is 13.6. The van der Waals surface area contributed by atoms with Crippen LogP contribution >= 0.6 is 34.8 Å². The minimum atomic E-state index is -1.62. The van der Waals surface area contributed by atoms with Gasteiger partial charge in [0.1, 0.15) is 5.82 Å². The van der Waals surface area contributed by atoms with Crippen LogP contribution in [-0.4, -0.2) is 57.6 Å². The number of fused-ring (bicyclic) bond motifs is 1. The quantitative estimate of drug-likeness (QED) is 0.588. The first kappa shape index (κ1) is 22.1. The number of hydrogen-bond acceptors (Lipinski definition) is 4. The molecular formula is C20H25Cl3N4O2. The Hall–Kier alpha value is -1.63. The molecule has 9 heteroatoms. The van der Waals surface area contributed by atoms with Crippen LogP contribution in [0.5, 0.6) is 0 Å². The highest BCUT2D eigenvalue weighted by Gasteiger charge is 2.34. The van der Waals surface area contributed by atoms with E-state index < -0.39 is 9.89 Å². The monoisotopic (exact) mass is 458 g/mol. The second-order valence-corrected chi connectivity index (χ2v) is 10.1. The summed E-state index contributed by atoms with van der Waals surface area (Å²) in [6, 6.07) is 10.2. The van der Waals surface area contributed by atoms with Crippen LogP contribution < -0.4 is 10.2 Å². The SMILES string of the molecule is CN(C)c1cc(N[C@H]2CC[C@@H](N(CC(Cl)(Cl)Cl)C(=O)O)CC2)nc2ccccc12. The third kappa shape index (κ3) is 5.71. The highest BCUT2D eigenvalue weighted by molar-refractivity contribution is 6.67. The zero-order valence-corrected chi connectivity index (χ0v) is 18.7. The Morgan fingerprint density at radius 2 is 1.86 bits per heavy atom. The van der Waals surface area contributed by atoms with Crippen molar-refractivity contribution < 1.29 is 9.90 Å². The maximum absolute atomic E-state index is 11.6. The van der Waals surface area contributed by atoms with Crippen LogP contribution in [-0.2, 0) is 0 Å². The molecular weight excluding hydrogens is 435 g/mol. The zero-order chi connectivity index (χ0) is 21.2. The van der Waals surface area contributed by atoms with Crippen LogP contribution in [0.3, 0.4) is 0 Å². The summed E-state index contributed by atoms with van der Waals surface area (Å²) in [5.74, 6) is 0.826. The van der Waals surface area contributed by atoms with E-state index in [0.29, 0.717) is 12.8 Å². The van der Waals surface area contributed by atoms with Gasteiger partial charge in [0, 0.05) is 43.3 Å². The number of nitrogens with zero attached hydrogens (tertiary/aromatic N) is 3. The molecule has 29 heavy (non-hydrogen) atoms. The number of anilines is 2. The maximum atomic E-state index is 11.6. The van der Waals surface area contributed by atoms with Crippen LogP contribution in [0.25, 0.3) is 10.9 Å². The molecule has 1 aliphatic carbocycles. The van der Waals surface area contributed by atoms with Gasteiger partial charge >= 0.3 is 6.09 Å². The lowest BCUT2D eigenvalue weighted by Gasteiger charge is -2.37. The second-order valence-electron chi connectivity index (χ2n) is 7.61. The van der Waals surface area contributed by atoms with Crippen LogP contribution in [0.4, 0.5) is 16.3 Å². The molecule has 0 bridgehead atoms. The molecule has 0 saturated heterocycles. The summed E-state index contributed by atoms with van der Waals surface area (Å²) in [4.78, 5) is 19.7. The molecule has 0 atom stereocenters. The van der Waals surface area contributed by atoms with E-state index in [9.17, 15) is 9.90 Å². The smallest absolute Gasteiger partial charge is 0.407 e. The van der Waals surface area contributed by atoms with Crippen molar-refractivity contribution in [3.05, 3.63) is 30.3 Å². The van der Waals surface area contributed by atoms with Crippen LogP contribution in [0.1, 0.15) is 25.7 Å². The van der Waals surface area contributed by atoms with Crippen molar-refractivity contribution in [2.24, 2.45) is 0 Å². The number of alkyl halides is 3. The molecule has 0 spiro atoms. The molecule has 1 aliphatic rings. The first-order valence-corrected chi connectivity index (χ1v) is 10.7.